The summed E-state index contributed by atoms with van der Waals surface area (Å²) >= 11 is 0. The maximum absolute atomic E-state index is 5.76. The van der Waals surface area contributed by atoms with Gasteiger partial charge in [0.05, 0.1) is 21.3 Å². The Hall–Kier alpha value is -1.62. The minimum atomic E-state index is -0.0205. The van der Waals surface area contributed by atoms with Crippen LogP contribution >= 0.6 is 0 Å². The van der Waals surface area contributed by atoms with Gasteiger partial charge in [-0.3, -0.25) is 0 Å². The van der Waals surface area contributed by atoms with Crippen molar-refractivity contribution in [1.29, 1.82) is 0 Å². The molecule has 0 amide bonds. The lowest BCUT2D eigenvalue weighted by Crippen LogP contribution is -2.25. The van der Waals surface area contributed by atoms with Gasteiger partial charge in [-0.25, -0.2) is 0 Å². The third kappa shape index (κ3) is 3.20. The van der Waals surface area contributed by atoms with E-state index in [0.717, 1.165) is 6.42 Å². The van der Waals surface area contributed by atoms with Gasteiger partial charge < -0.3 is 24.7 Å². The molecule has 0 fully saturated rings. The Kier molecular flexibility index (Phi) is 5.58. The average molecular weight is 255 g/mol. The van der Waals surface area contributed by atoms with Crippen LogP contribution in [0.15, 0.2) is 12.1 Å². The maximum atomic E-state index is 5.76. The molecule has 2 N–H and O–H groups in total. The minimum absolute atomic E-state index is 0.0205. The molecule has 18 heavy (non-hydrogen) atoms. The molecule has 1 atom stereocenters. The summed E-state index contributed by atoms with van der Waals surface area (Å²) in [5, 5.41) is 0. The Morgan fingerprint density at radius 3 is 1.94 bits per heavy atom. The Balaban J connectivity index is 3.06. The summed E-state index contributed by atoms with van der Waals surface area (Å²) in [7, 11) is 4.71. The lowest BCUT2D eigenvalue weighted by molar-refractivity contribution is 0.202. The van der Waals surface area contributed by atoms with Gasteiger partial charge in [0.1, 0.15) is 11.9 Å². The van der Waals surface area contributed by atoms with Gasteiger partial charge in [0, 0.05) is 18.7 Å². The van der Waals surface area contributed by atoms with E-state index in [1.54, 1.807) is 33.5 Å². The van der Waals surface area contributed by atoms with Crippen LogP contribution in [0.25, 0.3) is 0 Å². The van der Waals surface area contributed by atoms with E-state index in [1.807, 2.05) is 6.92 Å². The monoisotopic (exact) mass is 255 g/mol. The molecule has 0 aliphatic rings. The first-order valence-corrected chi connectivity index (χ1v) is 5.86. The molecular weight excluding hydrogens is 234 g/mol. The predicted octanol–water partition coefficient (Wildman–Crippen LogP) is 1.83. The van der Waals surface area contributed by atoms with Crippen molar-refractivity contribution in [3.63, 3.8) is 0 Å². The molecular formula is C13H21NO4. The van der Waals surface area contributed by atoms with Crippen molar-refractivity contribution in [1.82, 2.24) is 0 Å². The molecule has 1 aromatic carbocycles. The maximum Gasteiger partial charge on any atom is 0.203 e. The number of benzene rings is 1. The molecule has 0 saturated carbocycles. The Labute approximate surface area is 108 Å². The molecule has 0 aromatic heterocycles. The molecule has 1 rings (SSSR count). The van der Waals surface area contributed by atoms with Crippen LogP contribution in [-0.2, 0) is 0 Å². The fraction of sp³-hybridized carbons (Fsp3) is 0.538. The zero-order chi connectivity index (χ0) is 13.5. The standard InChI is InChI=1S/C13H21NO4/c1-5-9(8-14)18-10-6-11(15-2)13(17-4)12(7-10)16-3/h6-7,9H,5,8,14H2,1-4H3. The molecule has 5 nitrogen and oxygen atoms in total. The molecule has 0 aliphatic carbocycles. The molecule has 0 saturated heterocycles. The van der Waals surface area contributed by atoms with Crippen molar-refractivity contribution in [3.8, 4) is 23.0 Å². The summed E-state index contributed by atoms with van der Waals surface area (Å²) in [6, 6.07) is 3.53. The Bertz CT molecular complexity index is 352. The van der Waals surface area contributed by atoms with Crippen molar-refractivity contribution >= 4 is 0 Å². The highest BCUT2D eigenvalue weighted by Crippen LogP contribution is 2.41. The van der Waals surface area contributed by atoms with Crippen LogP contribution in [0, 0.1) is 0 Å². The van der Waals surface area contributed by atoms with Gasteiger partial charge in [-0.2, -0.15) is 0 Å². The highest BCUT2D eigenvalue weighted by Gasteiger charge is 2.15. The van der Waals surface area contributed by atoms with Gasteiger partial charge in [0.2, 0.25) is 5.75 Å². The summed E-state index contributed by atoms with van der Waals surface area (Å²) in [6.07, 6.45) is 0.820. The molecule has 0 bridgehead atoms. The fourth-order valence-corrected chi connectivity index (χ4v) is 1.62. The van der Waals surface area contributed by atoms with Crippen molar-refractivity contribution in [2.45, 2.75) is 19.4 Å². The molecule has 0 heterocycles. The van der Waals surface area contributed by atoms with Crippen LogP contribution in [0.2, 0.25) is 0 Å². The second-order valence-corrected chi connectivity index (χ2v) is 3.74. The lowest BCUT2D eigenvalue weighted by atomic mass is 10.2. The van der Waals surface area contributed by atoms with Crippen molar-refractivity contribution < 1.29 is 18.9 Å². The van der Waals surface area contributed by atoms with Gasteiger partial charge in [0.15, 0.2) is 11.5 Å². The summed E-state index contributed by atoms with van der Waals surface area (Å²) in [4.78, 5) is 0. The molecule has 5 heteroatoms. The van der Waals surface area contributed by atoms with E-state index < -0.39 is 0 Å². The molecule has 0 radical (unpaired) electrons. The van der Waals surface area contributed by atoms with Crippen LogP contribution in [0.5, 0.6) is 23.0 Å². The molecule has 1 aromatic rings. The number of nitrogens with two attached hydrogens (primary N) is 1. The molecule has 1 unspecified atom stereocenters. The van der Waals surface area contributed by atoms with Crippen LogP contribution in [0.1, 0.15) is 13.3 Å². The minimum Gasteiger partial charge on any atom is -0.493 e. The average Bonchev–Trinajstić information content (AvgIpc) is 2.43. The highest BCUT2D eigenvalue weighted by molar-refractivity contribution is 5.55. The number of hydrogen-bond donors (Lipinski definition) is 1. The number of rotatable bonds is 7. The van der Waals surface area contributed by atoms with Crippen molar-refractivity contribution in [2.24, 2.45) is 5.73 Å². The quantitative estimate of drug-likeness (QED) is 0.805. The predicted molar refractivity (Wildman–Crippen MR) is 69.9 cm³/mol. The highest BCUT2D eigenvalue weighted by atomic mass is 16.5. The zero-order valence-corrected chi connectivity index (χ0v) is 11.4. The van der Waals surface area contributed by atoms with Crippen LogP contribution < -0.4 is 24.7 Å². The first-order chi connectivity index (χ1) is 8.69. The third-order valence-corrected chi connectivity index (χ3v) is 2.66. The number of ether oxygens (including phenoxy) is 4. The summed E-state index contributed by atoms with van der Waals surface area (Å²) in [5.41, 5.74) is 5.62. The van der Waals surface area contributed by atoms with E-state index >= 15 is 0 Å². The second kappa shape index (κ2) is 6.96. The SMILES string of the molecule is CCC(CN)Oc1cc(OC)c(OC)c(OC)c1. The van der Waals surface area contributed by atoms with E-state index in [9.17, 15) is 0 Å². The van der Waals surface area contributed by atoms with Crippen LogP contribution in [0.3, 0.4) is 0 Å². The largest absolute Gasteiger partial charge is 0.493 e. The zero-order valence-electron chi connectivity index (χ0n) is 11.4. The van der Waals surface area contributed by atoms with Gasteiger partial charge in [-0.05, 0) is 6.42 Å². The molecule has 0 spiro atoms. The van der Waals surface area contributed by atoms with Crippen LogP contribution in [-0.4, -0.2) is 34.0 Å². The summed E-state index contributed by atoms with van der Waals surface area (Å²) in [5.74, 6) is 2.34. The fourth-order valence-electron chi connectivity index (χ4n) is 1.62. The third-order valence-electron chi connectivity index (χ3n) is 2.66. The normalized spacial score (nSPS) is 11.8. The lowest BCUT2D eigenvalue weighted by Gasteiger charge is -2.18. The van der Waals surface area contributed by atoms with Crippen molar-refractivity contribution in [2.75, 3.05) is 27.9 Å². The number of hydrogen-bond acceptors (Lipinski definition) is 5. The second-order valence-electron chi connectivity index (χ2n) is 3.74. The van der Waals surface area contributed by atoms with Gasteiger partial charge >= 0.3 is 0 Å². The molecule has 0 aliphatic heterocycles. The smallest absolute Gasteiger partial charge is 0.203 e. The van der Waals surface area contributed by atoms with E-state index in [2.05, 4.69) is 0 Å². The van der Waals surface area contributed by atoms with E-state index in [1.165, 1.54) is 0 Å². The van der Waals surface area contributed by atoms with E-state index in [4.69, 9.17) is 24.7 Å². The van der Waals surface area contributed by atoms with Gasteiger partial charge in [-0.1, -0.05) is 6.92 Å². The summed E-state index contributed by atoms with van der Waals surface area (Å²) in [6.45, 7) is 2.49. The Morgan fingerprint density at radius 1 is 1.06 bits per heavy atom. The van der Waals surface area contributed by atoms with E-state index in [-0.39, 0.29) is 6.10 Å². The van der Waals surface area contributed by atoms with Crippen molar-refractivity contribution in [3.05, 3.63) is 12.1 Å². The Morgan fingerprint density at radius 2 is 1.61 bits per heavy atom. The summed E-state index contributed by atoms with van der Waals surface area (Å²) < 4.78 is 21.5. The molecule has 102 valence electrons. The van der Waals surface area contributed by atoms with Crippen LogP contribution in [0.4, 0.5) is 0 Å². The first-order valence-electron chi connectivity index (χ1n) is 5.86. The van der Waals surface area contributed by atoms with Gasteiger partial charge in [-0.15, -0.1) is 0 Å². The van der Waals surface area contributed by atoms with Gasteiger partial charge in [0.25, 0.3) is 0 Å². The van der Waals surface area contributed by atoms with E-state index in [0.29, 0.717) is 29.5 Å². The topological polar surface area (TPSA) is 62.9 Å². The first kappa shape index (κ1) is 14.4. The number of methoxy groups -OCH3 is 3.